The number of benzene rings is 1. The molecule has 1 unspecified atom stereocenters. The molecule has 4 nitrogen and oxygen atoms in total. The summed E-state index contributed by atoms with van der Waals surface area (Å²) in [7, 11) is 1.53. The fourth-order valence-electron chi connectivity index (χ4n) is 1.59. The lowest BCUT2D eigenvalue weighted by molar-refractivity contribution is 0.0594. The van der Waals surface area contributed by atoms with Crippen LogP contribution in [0.1, 0.15) is 17.5 Å². The fourth-order valence-corrected chi connectivity index (χ4v) is 1.59. The Hall–Kier alpha value is -1.48. The number of aliphatic hydroxyl groups is 1. The Morgan fingerprint density at radius 2 is 2.33 bits per heavy atom. The van der Waals surface area contributed by atoms with Crippen LogP contribution in [0.3, 0.4) is 0 Å². The van der Waals surface area contributed by atoms with Crippen molar-refractivity contribution in [3.63, 3.8) is 0 Å². The highest BCUT2D eigenvalue weighted by Gasteiger charge is 2.05. The number of rotatable bonds is 7. The molecule has 0 bridgehead atoms. The first-order valence-electron chi connectivity index (χ1n) is 5.73. The third-order valence-corrected chi connectivity index (χ3v) is 2.52. The van der Waals surface area contributed by atoms with E-state index in [2.05, 4.69) is 5.32 Å². The van der Waals surface area contributed by atoms with Crippen LogP contribution in [0.2, 0.25) is 0 Å². The molecule has 1 rings (SSSR count). The molecule has 0 saturated carbocycles. The van der Waals surface area contributed by atoms with Crippen molar-refractivity contribution in [2.45, 2.75) is 19.1 Å². The van der Waals surface area contributed by atoms with Crippen LogP contribution in [-0.4, -0.2) is 31.5 Å². The maximum Gasteiger partial charge on any atom is 0.123 e. The standard InChI is InChI=1S/C13H17FN2O2/c1-18-9-13(17)4-5-16-8-11-6-12(14)3-2-10(11)7-15/h2-3,6,13,16-17H,4-5,8-9H2,1H3. The lowest BCUT2D eigenvalue weighted by Gasteiger charge is -2.10. The zero-order chi connectivity index (χ0) is 13.4. The highest BCUT2D eigenvalue weighted by Crippen LogP contribution is 2.10. The number of nitrogens with zero attached hydrogens (tertiary/aromatic N) is 1. The minimum Gasteiger partial charge on any atom is -0.391 e. The molecule has 0 aliphatic rings. The second-order valence-corrected chi connectivity index (χ2v) is 3.99. The average molecular weight is 252 g/mol. The van der Waals surface area contributed by atoms with Crippen molar-refractivity contribution in [1.29, 1.82) is 5.26 Å². The van der Waals surface area contributed by atoms with Crippen LogP contribution in [0.4, 0.5) is 4.39 Å². The highest BCUT2D eigenvalue weighted by atomic mass is 19.1. The predicted molar refractivity (Wildman–Crippen MR) is 65.3 cm³/mol. The summed E-state index contributed by atoms with van der Waals surface area (Å²) >= 11 is 0. The monoisotopic (exact) mass is 252 g/mol. The van der Waals surface area contributed by atoms with Gasteiger partial charge >= 0.3 is 0 Å². The van der Waals surface area contributed by atoms with Crippen LogP contribution in [0.15, 0.2) is 18.2 Å². The van der Waals surface area contributed by atoms with Crippen molar-refractivity contribution < 1.29 is 14.2 Å². The molecule has 0 radical (unpaired) electrons. The van der Waals surface area contributed by atoms with Crippen molar-refractivity contribution in [3.05, 3.63) is 35.1 Å². The van der Waals surface area contributed by atoms with E-state index < -0.39 is 6.10 Å². The summed E-state index contributed by atoms with van der Waals surface area (Å²) in [4.78, 5) is 0. The van der Waals surface area contributed by atoms with Crippen molar-refractivity contribution in [2.75, 3.05) is 20.3 Å². The van der Waals surface area contributed by atoms with Gasteiger partial charge in [-0.05, 0) is 36.7 Å². The summed E-state index contributed by atoms with van der Waals surface area (Å²) in [5.41, 5.74) is 1.08. The normalized spacial score (nSPS) is 12.1. The first-order valence-corrected chi connectivity index (χ1v) is 5.73. The molecule has 98 valence electrons. The van der Waals surface area contributed by atoms with Gasteiger partial charge in [-0.15, -0.1) is 0 Å². The van der Waals surface area contributed by atoms with Crippen molar-refractivity contribution in [1.82, 2.24) is 5.32 Å². The minimum absolute atomic E-state index is 0.297. The molecule has 0 saturated heterocycles. The van der Waals surface area contributed by atoms with Gasteiger partial charge in [0.05, 0.1) is 24.3 Å². The summed E-state index contributed by atoms with van der Waals surface area (Å²) in [5.74, 6) is -0.356. The summed E-state index contributed by atoms with van der Waals surface area (Å²) in [6.45, 7) is 1.28. The molecule has 1 aromatic carbocycles. The molecule has 0 aliphatic heterocycles. The molecular weight excluding hydrogens is 235 g/mol. The van der Waals surface area contributed by atoms with E-state index in [0.717, 1.165) is 0 Å². The molecule has 2 N–H and O–H groups in total. The van der Waals surface area contributed by atoms with Crippen molar-refractivity contribution in [3.8, 4) is 6.07 Å². The lowest BCUT2D eigenvalue weighted by Crippen LogP contribution is -2.23. The van der Waals surface area contributed by atoms with Crippen LogP contribution in [0.25, 0.3) is 0 Å². The van der Waals surface area contributed by atoms with E-state index >= 15 is 0 Å². The van der Waals surface area contributed by atoms with Crippen molar-refractivity contribution in [2.24, 2.45) is 0 Å². The molecular formula is C13H17FN2O2. The first-order chi connectivity index (χ1) is 8.67. The molecule has 0 spiro atoms. The maximum absolute atomic E-state index is 13.0. The number of hydrogen-bond donors (Lipinski definition) is 2. The quantitative estimate of drug-likeness (QED) is 0.715. The van der Waals surface area contributed by atoms with Crippen LogP contribution in [0, 0.1) is 17.1 Å². The second kappa shape index (κ2) is 7.77. The number of ether oxygens (including phenoxy) is 1. The maximum atomic E-state index is 13.0. The van der Waals surface area contributed by atoms with Crippen molar-refractivity contribution >= 4 is 0 Å². The number of methoxy groups -OCH3 is 1. The Bertz CT molecular complexity index is 418. The van der Waals surface area contributed by atoms with Gasteiger partial charge in [-0.25, -0.2) is 4.39 Å². The van der Waals surface area contributed by atoms with E-state index in [9.17, 15) is 9.50 Å². The van der Waals surface area contributed by atoms with Gasteiger partial charge in [0.1, 0.15) is 5.82 Å². The van der Waals surface area contributed by atoms with E-state index in [4.69, 9.17) is 10.00 Å². The summed E-state index contributed by atoms with van der Waals surface area (Å²) in [6.07, 6.45) is 0.0378. The van der Waals surface area contributed by atoms with Gasteiger partial charge in [0.15, 0.2) is 0 Å². The van der Waals surface area contributed by atoms with Gasteiger partial charge in [-0.1, -0.05) is 0 Å². The molecule has 18 heavy (non-hydrogen) atoms. The van der Waals surface area contributed by atoms with E-state index in [0.29, 0.717) is 37.2 Å². The van der Waals surface area contributed by atoms with Gasteiger partial charge in [0.2, 0.25) is 0 Å². The fraction of sp³-hybridized carbons (Fsp3) is 0.462. The van der Waals surface area contributed by atoms with E-state index in [-0.39, 0.29) is 5.82 Å². The third kappa shape index (κ3) is 4.80. The summed E-state index contributed by atoms with van der Waals surface area (Å²) < 4.78 is 17.8. The first kappa shape index (κ1) is 14.6. The van der Waals surface area contributed by atoms with Gasteiger partial charge in [-0.3, -0.25) is 0 Å². The molecule has 1 atom stereocenters. The van der Waals surface area contributed by atoms with Crippen LogP contribution >= 0.6 is 0 Å². The Morgan fingerprint density at radius 3 is 3.00 bits per heavy atom. The molecule has 0 aliphatic carbocycles. The van der Waals surface area contributed by atoms with Crippen LogP contribution in [-0.2, 0) is 11.3 Å². The number of aliphatic hydroxyl groups excluding tert-OH is 1. The number of nitriles is 1. The smallest absolute Gasteiger partial charge is 0.123 e. The van der Waals surface area contributed by atoms with Gasteiger partial charge in [0, 0.05) is 13.7 Å². The topological polar surface area (TPSA) is 65.3 Å². The Labute approximate surface area is 106 Å². The van der Waals surface area contributed by atoms with E-state index in [1.54, 1.807) is 0 Å². The number of hydrogen-bond acceptors (Lipinski definition) is 4. The van der Waals surface area contributed by atoms with Crippen LogP contribution < -0.4 is 5.32 Å². The molecule has 0 fully saturated rings. The largest absolute Gasteiger partial charge is 0.391 e. The summed E-state index contributed by atoms with van der Waals surface area (Å²) in [6, 6.07) is 6.09. The predicted octanol–water partition coefficient (Wildman–Crippen LogP) is 1.18. The van der Waals surface area contributed by atoms with Gasteiger partial charge in [0.25, 0.3) is 0 Å². The Morgan fingerprint density at radius 1 is 1.56 bits per heavy atom. The molecule has 0 heterocycles. The van der Waals surface area contributed by atoms with E-state index in [1.165, 1.54) is 25.3 Å². The average Bonchev–Trinajstić information content (AvgIpc) is 2.35. The number of nitrogens with one attached hydrogen (secondary N) is 1. The Kier molecular flexibility index (Phi) is 6.29. The minimum atomic E-state index is -0.509. The second-order valence-electron chi connectivity index (χ2n) is 3.99. The van der Waals surface area contributed by atoms with Gasteiger partial charge < -0.3 is 15.2 Å². The van der Waals surface area contributed by atoms with Gasteiger partial charge in [-0.2, -0.15) is 5.26 Å². The molecule has 0 amide bonds. The lowest BCUT2D eigenvalue weighted by atomic mass is 10.1. The highest BCUT2D eigenvalue weighted by molar-refractivity contribution is 5.37. The third-order valence-electron chi connectivity index (χ3n) is 2.52. The summed E-state index contributed by atoms with van der Waals surface area (Å²) in [5, 5.41) is 21.3. The zero-order valence-electron chi connectivity index (χ0n) is 10.3. The molecule has 5 heteroatoms. The Balaban J connectivity index is 2.40. The molecule has 1 aromatic rings. The van der Waals surface area contributed by atoms with Crippen LogP contribution in [0.5, 0.6) is 0 Å². The number of halogens is 1. The van der Waals surface area contributed by atoms with E-state index in [1.807, 2.05) is 6.07 Å². The molecule has 0 aromatic heterocycles. The SMILES string of the molecule is COCC(O)CCNCc1cc(F)ccc1C#N. The zero-order valence-corrected chi connectivity index (χ0v) is 10.3.